The molecule has 0 radical (unpaired) electrons. The van der Waals surface area contributed by atoms with Gasteiger partial charge in [0.2, 0.25) is 0 Å². The van der Waals surface area contributed by atoms with Crippen LogP contribution in [0.2, 0.25) is 0 Å². The Balaban J connectivity index is 2.01. The molecule has 0 spiro atoms. The molecule has 29 heavy (non-hydrogen) atoms. The normalized spacial score (nSPS) is 16.3. The summed E-state index contributed by atoms with van der Waals surface area (Å²) in [6, 6.07) is 11.9. The molecule has 6 nitrogen and oxygen atoms in total. The molecule has 0 bridgehead atoms. The molecule has 1 aromatic carbocycles. The predicted molar refractivity (Wildman–Crippen MR) is 118 cm³/mol. The Morgan fingerprint density at radius 2 is 1.90 bits per heavy atom. The third kappa shape index (κ3) is 2.63. The van der Waals surface area contributed by atoms with Crippen LogP contribution in [0.3, 0.4) is 0 Å². The van der Waals surface area contributed by atoms with Gasteiger partial charge in [-0.1, -0.05) is 40.2 Å². The van der Waals surface area contributed by atoms with Gasteiger partial charge >= 0.3 is 5.69 Å². The summed E-state index contributed by atoms with van der Waals surface area (Å²) in [7, 11) is 3.24. The Hall–Kier alpha value is -2.42. The quantitative estimate of drug-likeness (QED) is 0.448. The summed E-state index contributed by atoms with van der Waals surface area (Å²) in [6.45, 7) is 1.14. The molecule has 1 aliphatic rings. The van der Waals surface area contributed by atoms with E-state index in [0.717, 1.165) is 26.3 Å². The lowest BCUT2D eigenvalue weighted by Gasteiger charge is -2.26. The van der Waals surface area contributed by atoms with Crippen molar-refractivity contribution in [2.75, 3.05) is 6.61 Å². The molecule has 5 rings (SSSR count). The molecule has 0 aliphatic carbocycles. The van der Waals surface area contributed by atoms with Gasteiger partial charge in [-0.2, -0.15) is 0 Å². The fraction of sp³-hybridized carbons (Fsp3) is 0.238. The van der Waals surface area contributed by atoms with Crippen molar-refractivity contribution in [1.82, 2.24) is 13.7 Å². The molecule has 148 valence electrons. The monoisotopic (exact) mass is 471 g/mol. The molecule has 4 heterocycles. The van der Waals surface area contributed by atoms with Crippen molar-refractivity contribution in [3.05, 3.63) is 77.7 Å². The lowest BCUT2D eigenvalue weighted by Crippen LogP contribution is -2.37. The number of ether oxygens (including phenoxy) is 1. The molecule has 0 saturated heterocycles. The van der Waals surface area contributed by atoms with E-state index in [2.05, 4.69) is 20.5 Å². The molecule has 1 atom stereocenters. The smallest absolute Gasteiger partial charge is 0.331 e. The van der Waals surface area contributed by atoms with Crippen molar-refractivity contribution in [3.8, 4) is 11.3 Å². The molecule has 0 saturated carbocycles. The lowest BCUT2D eigenvalue weighted by molar-refractivity contribution is 0.0500. The SMILES string of the molecule is Cn1c(=O)c2c(-c3ccccc3Br)n3c(c2n(C)c1=O)[C@@H](c1cccs1)OCC3. The minimum absolute atomic E-state index is 0.291. The van der Waals surface area contributed by atoms with E-state index in [1.54, 1.807) is 23.0 Å². The molecule has 0 fully saturated rings. The van der Waals surface area contributed by atoms with Crippen molar-refractivity contribution in [1.29, 1.82) is 0 Å². The van der Waals surface area contributed by atoms with Gasteiger partial charge in [0.1, 0.15) is 6.10 Å². The fourth-order valence-electron chi connectivity index (χ4n) is 4.17. The molecule has 3 aromatic heterocycles. The molecule has 0 unspecified atom stereocenters. The third-order valence-electron chi connectivity index (χ3n) is 5.48. The zero-order chi connectivity index (χ0) is 20.3. The van der Waals surface area contributed by atoms with Crippen molar-refractivity contribution >= 4 is 38.2 Å². The second-order valence-electron chi connectivity index (χ2n) is 7.06. The van der Waals surface area contributed by atoms with Crippen LogP contribution in [0.15, 0.2) is 55.8 Å². The van der Waals surface area contributed by atoms with Crippen LogP contribution in [-0.2, 0) is 25.4 Å². The minimum Gasteiger partial charge on any atom is -0.364 e. The van der Waals surface area contributed by atoms with E-state index < -0.39 is 0 Å². The number of aryl methyl sites for hydroxylation is 1. The zero-order valence-corrected chi connectivity index (χ0v) is 18.3. The van der Waals surface area contributed by atoms with Crippen LogP contribution < -0.4 is 11.2 Å². The third-order valence-corrected chi connectivity index (χ3v) is 7.09. The van der Waals surface area contributed by atoms with Crippen LogP contribution in [0.25, 0.3) is 22.2 Å². The second kappa shape index (κ2) is 6.83. The van der Waals surface area contributed by atoms with Crippen LogP contribution in [0.5, 0.6) is 0 Å². The van der Waals surface area contributed by atoms with Crippen LogP contribution in [0.4, 0.5) is 0 Å². The first-order valence-electron chi connectivity index (χ1n) is 9.22. The molecule has 0 amide bonds. The summed E-state index contributed by atoms with van der Waals surface area (Å²) in [5, 5.41) is 2.55. The van der Waals surface area contributed by atoms with E-state index in [9.17, 15) is 9.59 Å². The van der Waals surface area contributed by atoms with Gasteiger partial charge in [0.25, 0.3) is 5.56 Å². The minimum atomic E-state index is -0.343. The largest absolute Gasteiger partial charge is 0.364 e. The van der Waals surface area contributed by atoms with Gasteiger partial charge in [-0.15, -0.1) is 11.3 Å². The average Bonchev–Trinajstić information content (AvgIpc) is 3.37. The van der Waals surface area contributed by atoms with Gasteiger partial charge in [0.15, 0.2) is 0 Å². The van der Waals surface area contributed by atoms with Crippen molar-refractivity contribution in [2.24, 2.45) is 14.1 Å². The summed E-state index contributed by atoms with van der Waals surface area (Å²) in [5.74, 6) is 0. The standard InChI is InChI=1S/C21H18BrN3O3S/c1-23-17-15(20(26)24(2)21(23)27)16(12-6-3-4-7-13(12)22)25-9-10-28-19(18(17)25)14-8-5-11-29-14/h3-8,11,19H,9-10H2,1-2H3/t19-/m1/s1. The number of halogens is 1. The van der Waals surface area contributed by atoms with Gasteiger partial charge in [0, 0.05) is 35.6 Å². The number of nitrogens with zero attached hydrogens (tertiary/aromatic N) is 3. The number of hydrogen-bond acceptors (Lipinski definition) is 4. The molecule has 1 aliphatic heterocycles. The molecular formula is C21H18BrN3O3S. The summed E-state index contributed by atoms with van der Waals surface area (Å²) >= 11 is 5.25. The zero-order valence-electron chi connectivity index (χ0n) is 15.9. The summed E-state index contributed by atoms with van der Waals surface area (Å²) < 4.78 is 12.0. The van der Waals surface area contributed by atoms with Crippen molar-refractivity contribution < 1.29 is 4.74 Å². The van der Waals surface area contributed by atoms with Crippen molar-refractivity contribution in [3.63, 3.8) is 0 Å². The fourth-order valence-corrected chi connectivity index (χ4v) is 5.42. The second-order valence-corrected chi connectivity index (χ2v) is 8.89. The number of benzene rings is 1. The number of hydrogen-bond donors (Lipinski definition) is 0. The highest BCUT2D eigenvalue weighted by atomic mass is 79.9. The number of rotatable bonds is 2. The van der Waals surface area contributed by atoms with E-state index >= 15 is 0 Å². The summed E-state index contributed by atoms with van der Waals surface area (Å²) in [4.78, 5) is 27.1. The first kappa shape index (κ1) is 18.6. The first-order chi connectivity index (χ1) is 14.0. The van der Waals surface area contributed by atoms with Gasteiger partial charge in [-0.05, 0) is 17.5 Å². The number of fused-ring (bicyclic) bond motifs is 3. The van der Waals surface area contributed by atoms with E-state index in [4.69, 9.17) is 4.74 Å². The van der Waals surface area contributed by atoms with Gasteiger partial charge < -0.3 is 9.30 Å². The maximum Gasteiger partial charge on any atom is 0.331 e. The van der Waals surface area contributed by atoms with Gasteiger partial charge in [0.05, 0.1) is 28.9 Å². The highest BCUT2D eigenvalue weighted by molar-refractivity contribution is 9.10. The van der Waals surface area contributed by atoms with Crippen LogP contribution >= 0.6 is 27.3 Å². The highest BCUT2D eigenvalue weighted by Crippen LogP contribution is 2.42. The Morgan fingerprint density at radius 1 is 1.10 bits per heavy atom. The molecular weight excluding hydrogens is 454 g/mol. The van der Waals surface area contributed by atoms with Gasteiger partial charge in [-0.3, -0.25) is 13.9 Å². The maximum absolute atomic E-state index is 13.3. The van der Waals surface area contributed by atoms with Crippen LogP contribution in [0, 0.1) is 0 Å². The topological polar surface area (TPSA) is 58.2 Å². The molecule has 4 aromatic rings. The first-order valence-corrected chi connectivity index (χ1v) is 10.9. The molecule has 0 N–H and O–H groups in total. The van der Waals surface area contributed by atoms with Gasteiger partial charge in [-0.25, -0.2) is 4.79 Å². The number of thiophene rings is 1. The summed E-state index contributed by atoms with van der Waals surface area (Å²) in [5.41, 5.74) is 2.61. The lowest BCUT2D eigenvalue weighted by atomic mass is 10.1. The Morgan fingerprint density at radius 3 is 2.62 bits per heavy atom. The number of aromatic nitrogens is 3. The summed E-state index contributed by atoms with van der Waals surface area (Å²) in [6.07, 6.45) is -0.319. The van der Waals surface area contributed by atoms with Crippen molar-refractivity contribution in [2.45, 2.75) is 12.6 Å². The van der Waals surface area contributed by atoms with E-state index in [1.807, 2.05) is 41.8 Å². The van der Waals surface area contributed by atoms with Crippen LogP contribution in [0.1, 0.15) is 16.7 Å². The average molecular weight is 472 g/mol. The maximum atomic E-state index is 13.3. The Kier molecular flexibility index (Phi) is 4.38. The van der Waals surface area contributed by atoms with E-state index in [1.165, 1.54) is 11.6 Å². The molecule has 8 heteroatoms. The predicted octanol–water partition coefficient (Wildman–Crippen LogP) is 3.65. The Labute approximate surface area is 178 Å². The van der Waals surface area contributed by atoms with E-state index in [-0.39, 0.29) is 17.4 Å². The Bertz CT molecular complexity index is 1360. The van der Waals surface area contributed by atoms with Crippen LogP contribution in [-0.4, -0.2) is 20.3 Å². The van der Waals surface area contributed by atoms with E-state index in [0.29, 0.717) is 24.1 Å². The highest BCUT2D eigenvalue weighted by Gasteiger charge is 2.33.